The first-order valence-corrected chi connectivity index (χ1v) is 7.51. The summed E-state index contributed by atoms with van der Waals surface area (Å²) in [5.74, 6) is 0.666. The van der Waals surface area contributed by atoms with E-state index in [1.54, 1.807) is 6.07 Å². The Morgan fingerprint density at radius 1 is 1.38 bits per heavy atom. The van der Waals surface area contributed by atoms with Crippen LogP contribution in [0.2, 0.25) is 0 Å². The maximum atomic E-state index is 12.3. The van der Waals surface area contributed by atoms with Crippen molar-refractivity contribution in [1.82, 2.24) is 9.80 Å². The molecule has 118 valence electrons. The zero-order valence-electron chi connectivity index (χ0n) is 12.9. The van der Waals surface area contributed by atoms with Gasteiger partial charge < -0.3 is 19.8 Å². The third kappa shape index (κ3) is 4.56. The Hall–Kier alpha value is -1.37. The molecule has 0 spiro atoms. The van der Waals surface area contributed by atoms with Gasteiger partial charge in [-0.05, 0) is 19.9 Å². The number of nitrogens with zero attached hydrogens (tertiary/aromatic N) is 2. The van der Waals surface area contributed by atoms with E-state index in [1.165, 1.54) is 6.26 Å². The van der Waals surface area contributed by atoms with Crippen LogP contribution in [-0.2, 0) is 11.3 Å². The van der Waals surface area contributed by atoms with E-state index in [9.17, 15) is 4.79 Å². The summed E-state index contributed by atoms with van der Waals surface area (Å²) < 4.78 is 10.8. The number of hydrogen-bond acceptors (Lipinski definition) is 5. The van der Waals surface area contributed by atoms with Crippen LogP contribution in [0.15, 0.2) is 16.7 Å². The Morgan fingerprint density at radius 2 is 2.10 bits per heavy atom. The minimum absolute atomic E-state index is 0.0246. The third-order valence-electron chi connectivity index (χ3n) is 3.62. The van der Waals surface area contributed by atoms with E-state index in [2.05, 4.69) is 4.90 Å². The molecule has 0 bridgehead atoms. The molecule has 0 aromatic carbocycles. The van der Waals surface area contributed by atoms with Gasteiger partial charge in [0.15, 0.2) is 0 Å². The monoisotopic (exact) mass is 295 g/mol. The van der Waals surface area contributed by atoms with Crippen molar-refractivity contribution in [2.75, 3.05) is 39.3 Å². The van der Waals surface area contributed by atoms with E-state index < -0.39 is 0 Å². The second-order valence-corrected chi connectivity index (χ2v) is 5.56. The first kappa shape index (κ1) is 16.0. The SMILES string of the molecule is CC(C)OCCN1CCN(C(=O)c2coc(CN)c2)CC1. The van der Waals surface area contributed by atoms with Gasteiger partial charge in [0.05, 0.1) is 24.8 Å². The molecule has 0 saturated carbocycles. The lowest BCUT2D eigenvalue weighted by molar-refractivity contribution is 0.0406. The standard InChI is InChI=1S/C15H25N3O3/c1-12(2)20-8-7-17-3-5-18(6-4-17)15(19)13-9-14(10-16)21-11-13/h9,11-12H,3-8,10,16H2,1-2H3. The van der Waals surface area contributed by atoms with E-state index in [4.69, 9.17) is 14.9 Å². The van der Waals surface area contributed by atoms with Gasteiger partial charge in [-0.2, -0.15) is 0 Å². The average Bonchev–Trinajstić information content (AvgIpc) is 2.96. The molecule has 1 aliphatic heterocycles. The molecule has 2 heterocycles. The maximum absolute atomic E-state index is 12.3. The van der Waals surface area contributed by atoms with E-state index in [0.29, 0.717) is 17.9 Å². The number of amides is 1. The quantitative estimate of drug-likeness (QED) is 0.845. The zero-order valence-corrected chi connectivity index (χ0v) is 12.9. The van der Waals surface area contributed by atoms with Crippen molar-refractivity contribution < 1.29 is 13.9 Å². The predicted molar refractivity (Wildman–Crippen MR) is 80.0 cm³/mol. The molecule has 1 saturated heterocycles. The summed E-state index contributed by atoms with van der Waals surface area (Å²) in [6, 6.07) is 1.73. The van der Waals surface area contributed by atoms with Gasteiger partial charge in [0.1, 0.15) is 12.0 Å². The lowest BCUT2D eigenvalue weighted by Gasteiger charge is -2.34. The van der Waals surface area contributed by atoms with Gasteiger partial charge in [-0.25, -0.2) is 0 Å². The van der Waals surface area contributed by atoms with Crippen LogP contribution in [0.1, 0.15) is 30.0 Å². The molecule has 2 N–H and O–H groups in total. The number of ether oxygens (including phenoxy) is 1. The van der Waals surface area contributed by atoms with Crippen molar-refractivity contribution in [1.29, 1.82) is 0 Å². The fraction of sp³-hybridized carbons (Fsp3) is 0.667. The van der Waals surface area contributed by atoms with Crippen molar-refractivity contribution in [3.63, 3.8) is 0 Å². The number of nitrogens with two attached hydrogens (primary N) is 1. The van der Waals surface area contributed by atoms with Gasteiger partial charge >= 0.3 is 0 Å². The maximum Gasteiger partial charge on any atom is 0.257 e. The van der Waals surface area contributed by atoms with Crippen molar-refractivity contribution in [3.8, 4) is 0 Å². The van der Waals surface area contributed by atoms with Gasteiger partial charge in [0.25, 0.3) is 5.91 Å². The molecule has 1 aromatic heterocycles. The van der Waals surface area contributed by atoms with Gasteiger partial charge in [0, 0.05) is 32.7 Å². The summed E-state index contributed by atoms with van der Waals surface area (Å²) in [4.78, 5) is 16.5. The van der Waals surface area contributed by atoms with Crippen LogP contribution in [0.5, 0.6) is 0 Å². The minimum atomic E-state index is 0.0246. The molecule has 0 unspecified atom stereocenters. The van der Waals surface area contributed by atoms with Crippen molar-refractivity contribution >= 4 is 5.91 Å². The summed E-state index contributed by atoms with van der Waals surface area (Å²) >= 11 is 0. The van der Waals surface area contributed by atoms with Crippen LogP contribution >= 0.6 is 0 Å². The summed E-state index contributed by atoms with van der Waals surface area (Å²) in [7, 11) is 0. The highest BCUT2D eigenvalue weighted by Crippen LogP contribution is 2.12. The second-order valence-electron chi connectivity index (χ2n) is 5.56. The number of rotatable bonds is 6. The van der Waals surface area contributed by atoms with E-state index in [1.807, 2.05) is 18.7 Å². The van der Waals surface area contributed by atoms with E-state index in [0.717, 1.165) is 39.3 Å². The molecule has 0 radical (unpaired) electrons. The summed E-state index contributed by atoms with van der Waals surface area (Å²) in [6.45, 7) is 9.30. The second kappa shape index (κ2) is 7.59. The first-order valence-electron chi connectivity index (χ1n) is 7.51. The molecule has 2 rings (SSSR count). The largest absolute Gasteiger partial charge is 0.467 e. The van der Waals surface area contributed by atoms with Gasteiger partial charge in [-0.15, -0.1) is 0 Å². The van der Waals surface area contributed by atoms with Gasteiger partial charge in [-0.3, -0.25) is 9.69 Å². The molecule has 1 aromatic rings. The number of carbonyl (C=O) groups excluding carboxylic acids is 1. The van der Waals surface area contributed by atoms with Crippen molar-refractivity contribution in [2.45, 2.75) is 26.5 Å². The predicted octanol–water partition coefficient (Wildman–Crippen LogP) is 0.921. The smallest absolute Gasteiger partial charge is 0.257 e. The van der Waals surface area contributed by atoms with Crippen LogP contribution in [0.4, 0.5) is 0 Å². The lowest BCUT2D eigenvalue weighted by Crippen LogP contribution is -2.49. The fourth-order valence-corrected chi connectivity index (χ4v) is 2.37. The van der Waals surface area contributed by atoms with Crippen LogP contribution in [0.25, 0.3) is 0 Å². The molecule has 6 heteroatoms. The average molecular weight is 295 g/mol. The Balaban J connectivity index is 1.76. The molecule has 1 amide bonds. The number of furan rings is 1. The number of piperazine rings is 1. The fourth-order valence-electron chi connectivity index (χ4n) is 2.37. The lowest BCUT2D eigenvalue weighted by atomic mass is 10.2. The molecule has 1 aliphatic rings. The van der Waals surface area contributed by atoms with E-state index in [-0.39, 0.29) is 12.0 Å². The Labute approximate surface area is 125 Å². The van der Waals surface area contributed by atoms with Crippen LogP contribution in [-0.4, -0.2) is 61.1 Å². The van der Waals surface area contributed by atoms with Crippen LogP contribution < -0.4 is 5.73 Å². The Bertz CT molecular complexity index is 451. The summed E-state index contributed by atoms with van der Waals surface area (Å²) in [5.41, 5.74) is 6.08. The topological polar surface area (TPSA) is 71.9 Å². The zero-order chi connectivity index (χ0) is 15.2. The van der Waals surface area contributed by atoms with Crippen molar-refractivity contribution in [2.24, 2.45) is 5.73 Å². The third-order valence-corrected chi connectivity index (χ3v) is 3.62. The Kier molecular flexibility index (Phi) is 5.78. The Morgan fingerprint density at radius 3 is 2.67 bits per heavy atom. The van der Waals surface area contributed by atoms with Gasteiger partial charge in [0.2, 0.25) is 0 Å². The van der Waals surface area contributed by atoms with Crippen LogP contribution in [0, 0.1) is 0 Å². The molecule has 1 fully saturated rings. The minimum Gasteiger partial charge on any atom is -0.467 e. The van der Waals surface area contributed by atoms with Crippen LogP contribution in [0.3, 0.4) is 0 Å². The molecule has 21 heavy (non-hydrogen) atoms. The highest BCUT2D eigenvalue weighted by molar-refractivity contribution is 5.94. The van der Waals surface area contributed by atoms with Crippen molar-refractivity contribution in [3.05, 3.63) is 23.7 Å². The molecular weight excluding hydrogens is 270 g/mol. The normalized spacial score (nSPS) is 16.7. The molecule has 6 nitrogen and oxygen atoms in total. The number of hydrogen-bond donors (Lipinski definition) is 1. The summed E-state index contributed by atoms with van der Waals surface area (Å²) in [6.07, 6.45) is 1.76. The summed E-state index contributed by atoms with van der Waals surface area (Å²) in [5, 5.41) is 0. The molecule has 0 aliphatic carbocycles. The molecule has 0 atom stereocenters. The van der Waals surface area contributed by atoms with E-state index >= 15 is 0 Å². The number of carbonyl (C=O) groups is 1. The van der Waals surface area contributed by atoms with Gasteiger partial charge in [-0.1, -0.05) is 0 Å². The highest BCUT2D eigenvalue weighted by Gasteiger charge is 2.23. The highest BCUT2D eigenvalue weighted by atomic mass is 16.5. The molecular formula is C15H25N3O3. The first-order chi connectivity index (χ1) is 10.1.